The summed E-state index contributed by atoms with van der Waals surface area (Å²) in [6, 6.07) is 8.47. The molecule has 2 aliphatic rings. The molecule has 3 rings (SSSR count). The van der Waals surface area contributed by atoms with Gasteiger partial charge in [-0.25, -0.2) is 8.42 Å². The highest BCUT2D eigenvalue weighted by Gasteiger charge is 2.33. The molecule has 0 spiro atoms. The number of sulfonamides is 1. The summed E-state index contributed by atoms with van der Waals surface area (Å²) in [4.78, 5) is 15.3. The van der Waals surface area contributed by atoms with Crippen LogP contribution in [0.25, 0.3) is 0 Å². The smallest absolute Gasteiger partial charge is 0.243 e. The number of carbonyl (C=O) groups excluding carboxylic acids is 1. The maximum Gasteiger partial charge on any atom is 0.243 e. The number of hydrogen-bond acceptors (Lipinski definition) is 4. The summed E-state index contributed by atoms with van der Waals surface area (Å²) in [5.74, 6) is -0.270. The fourth-order valence-electron chi connectivity index (χ4n) is 3.96. The number of hydrogen-bond donors (Lipinski definition) is 1. The monoisotopic (exact) mass is 393 g/mol. The molecule has 2 heterocycles. The lowest BCUT2D eigenvalue weighted by atomic mass is 9.99. The van der Waals surface area contributed by atoms with Crippen molar-refractivity contribution in [2.45, 2.75) is 43.4 Å². The van der Waals surface area contributed by atoms with Crippen LogP contribution in [0.5, 0.6) is 0 Å². The summed E-state index contributed by atoms with van der Waals surface area (Å²) in [6.45, 7) is 4.79. The van der Waals surface area contributed by atoms with Gasteiger partial charge in [0.25, 0.3) is 0 Å². The van der Waals surface area contributed by atoms with Crippen LogP contribution >= 0.6 is 0 Å². The number of benzene rings is 1. The van der Waals surface area contributed by atoms with Crippen LogP contribution in [0, 0.1) is 5.92 Å². The molecule has 1 amide bonds. The lowest BCUT2D eigenvalue weighted by molar-refractivity contribution is -0.126. The van der Waals surface area contributed by atoms with E-state index in [4.69, 9.17) is 0 Å². The Morgan fingerprint density at radius 1 is 1.04 bits per heavy atom. The molecule has 6 nitrogen and oxygen atoms in total. The molecule has 1 unspecified atom stereocenters. The van der Waals surface area contributed by atoms with Crippen LogP contribution in [0.2, 0.25) is 0 Å². The van der Waals surface area contributed by atoms with E-state index in [1.807, 2.05) is 0 Å². The normalized spacial score (nSPS) is 22.4. The summed E-state index contributed by atoms with van der Waals surface area (Å²) in [6.07, 6.45) is 6.30. The topological polar surface area (TPSA) is 69.7 Å². The molecule has 0 radical (unpaired) electrons. The van der Waals surface area contributed by atoms with Crippen LogP contribution in [-0.2, 0) is 14.8 Å². The second-order valence-corrected chi connectivity index (χ2v) is 9.50. The van der Waals surface area contributed by atoms with E-state index >= 15 is 0 Å². The summed E-state index contributed by atoms with van der Waals surface area (Å²) >= 11 is 0. The third kappa shape index (κ3) is 5.53. The lowest BCUT2D eigenvalue weighted by Crippen LogP contribution is -2.45. The zero-order valence-electron chi connectivity index (χ0n) is 16.0. The van der Waals surface area contributed by atoms with E-state index < -0.39 is 10.0 Å². The van der Waals surface area contributed by atoms with Gasteiger partial charge in [-0.05, 0) is 63.9 Å². The zero-order valence-corrected chi connectivity index (χ0v) is 16.8. The molecule has 0 bridgehead atoms. The Bertz CT molecular complexity index is 702. The Balaban J connectivity index is 1.46. The Morgan fingerprint density at radius 3 is 2.52 bits per heavy atom. The van der Waals surface area contributed by atoms with Crippen molar-refractivity contribution >= 4 is 15.9 Å². The molecule has 2 fully saturated rings. The SMILES string of the molecule is O=C(NCCCN1CCCCC1)C1CCCN(S(=O)(=O)c2ccccc2)C1. The molecule has 150 valence electrons. The van der Waals surface area contributed by atoms with Crippen LogP contribution < -0.4 is 5.32 Å². The quantitative estimate of drug-likeness (QED) is 0.720. The molecule has 2 saturated heterocycles. The highest BCUT2D eigenvalue weighted by atomic mass is 32.2. The van der Waals surface area contributed by atoms with E-state index in [0.717, 1.165) is 25.8 Å². The van der Waals surface area contributed by atoms with Crippen LogP contribution in [0.1, 0.15) is 38.5 Å². The van der Waals surface area contributed by atoms with E-state index in [2.05, 4.69) is 10.2 Å². The Morgan fingerprint density at radius 2 is 1.78 bits per heavy atom. The van der Waals surface area contributed by atoms with Gasteiger partial charge in [-0.15, -0.1) is 0 Å². The Labute approximate surface area is 163 Å². The number of piperidine rings is 2. The predicted molar refractivity (Wildman–Crippen MR) is 106 cm³/mol. The molecule has 7 heteroatoms. The van der Waals surface area contributed by atoms with Crippen LogP contribution in [0.4, 0.5) is 0 Å². The molecule has 0 saturated carbocycles. The van der Waals surface area contributed by atoms with Gasteiger partial charge in [0.15, 0.2) is 0 Å². The van der Waals surface area contributed by atoms with E-state index in [1.165, 1.54) is 36.7 Å². The maximum atomic E-state index is 12.8. The van der Waals surface area contributed by atoms with Gasteiger partial charge in [-0.1, -0.05) is 24.6 Å². The number of nitrogens with one attached hydrogen (secondary N) is 1. The van der Waals surface area contributed by atoms with Crippen molar-refractivity contribution in [1.82, 2.24) is 14.5 Å². The molecular formula is C20H31N3O3S. The molecule has 1 aromatic rings. The first kappa shape index (κ1) is 20.3. The van der Waals surface area contributed by atoms with Crippen LogP contribution in [-0.4, -0.2) is 62.8 Å². The third-order valence-corrected chi connectivity index (χ3v) is 7.41. The van der Waals surface area contributed by atoms with Crippen molar-refractivity contribution in [2.75, 3.05) is 39.3 Å². The average Bonchev–Trinajstić information content (AvgIpc) is 2.72. The highest BCUT2D eigenvalue weighted by molar-refractivity contribution is 7.89. The number of rotatable bonds is 7. The fraction of sp³-hybridized carbons (Fsp3) is 0.650. The van der Waals surface area contributed by atoms with Crippen molar-refractivity contribution in [1.29, 1.82) is 0 Å². The standard InChI is InChI=1S/C20H31N3O3S/c24-20(21-12-8-15-22-13-5-2-6-14-22)18-9-7-16-23(17-18)27(25,26)19-10-3-1-4-11-19/h1,3-4,10-11,18H,2,5-9,12-17H2,(H,21,24). The molecular weight excluding hydrogens is 362 g/mol. The zero-order chi connectivity index (χ0) is 19.1. The fourth-order valence-corrected chi connectivity index (χ4v) is 5.50. The second-order valence-electron chi connectivity index (χ2n) is 7.56. The van der Waals surface area contributed by atoms with Gasteiger partial charge in [0.1, 0.15) is 0 Å². The minimum atomic E-state index is -3.52. The van der Waals surface area contributed by atoms with E-state index in [9.17, 15) is 13.2 Å². The minimum Gasteiger partial charge on any atom is -0.356 e. The largest absolute Gasteiger partial charge is 0.356 e. The van der Waals surface area contributed by atoms with Crippen molar-refractivity contribution in [3.63, 3.8) is 0 Å². The Kier molecular flexibility index (Phi) is 7.26. The first-order valence-corrected chi connectivity index (χ1v) is 11.6. The minimum absolute atomic E-state index is 0.0124. The number of likely N-dealkylation sites (tertiary alicyclic amines) is 1. The van der Waals surface area contributed by atoms with Gasteiger partial charge < -0.3 is 10.2 Å². The van der Waals surface area contributed by atoms with Crippen molar-refractivity contribution < 1.29 is 13.2 Å². The first-order chi connectivity index (χ1) is 13.1. The molecule has 1 atom stereocenters. The molecule has 1 N–H and O–H groups in total. The summed E-state index contributed by atoms with van der Waals surface area (Å²) in [5, 5.41) is 3.02. The predicted octanol–water partition coefficient (Wildman–Crippen LogP) is 2.08. The number of amides is 1. The first-order valence-electron chi connectivity index (χ1n) is 10.1. The van der Waals surface area contributed by atoms with Gasteiger partial charge >= 0.3 is 0 Å². The molecule has 0 aliphatic carbocycles. The second kappa shape index (κ2) is 9.66. The van der Waals surface area contributed by atoms with Gasteiger partial charge in [0.2, 0.25) is 15.9 Å². The number of nitrogens with zero attached hydrogens (tertiary/aromatic N) is 2. The van der Waals surface area contributed by atoms with Gasteiger partial charge in [0.05, 0.1) is 10.8 Å². The summed E-state index contributed by atoms with van der Waals surface area (Å²) in [5.41, 5.74) is 0. The maximum absolute atomic E-state index is 12.8. The molecule has 2 aliphatic heterocycles. The molecule has 27 heavy (non-hydrogen) atoms. The highest BCUT2D eigenvalue weighted by Crippen LogP contribution is 2.23. The summed E-state index contributed by atoms with van der Waals surface area (Å²) in [7, 11) is -3.52. The van der Waals surface area contributed by atoms with Crippen LogP contribution in [0.15, 0.2) is 35.2 Å². The van der Waals surface area contributed by atoms with E-state index in [0.29, 0.717) is 18.0 Å². The van der Waals surface area contributed by atoms with Gasteiger partial charge in [-0.3, -0.25) is 4.79 Å². The van der Waals surface area contributed by atoms with E-state index in [-0.39, 0.29) is 18.4 Å². The number of carbonyl (C=O) groups is 1. The molecule has 1 aromatic carbocycles. The third-order valence-electron chi connectivity index (χ3n) is 5.53. The van der Waals surface area contributed by atoms with Crippen LogP contribution in [0.3, 0.4) is 0 Å². The lowest BCUT2D eigenvalue weighted by Gasteiger charge is -2.31. The van der Waals surface area contributed by atoms with Gasteiger partial charge in [-0.2, -0.15) is 4.31 Å². The summed E-state index contributed by atoms with van der Waals surface area (Å²) < 4.78 is 27.0. The molecule has 0 aromatic heterocycles. The van der Waals surface area contributed by atoms with Crippen molar-refractivity contribution in [3.05, 3.63) is 30.3 Å². The van der Waals surface area contributed by atoms with Crippen molar-refractivity contribution in [2.24, 2.45) is 5.92 Å². The van der Waals surface area contributed by atoms with Crippen molar-refractivity contribution in [3.8, 4) is 0 Å². The average molecular weight is 394 g/mol. The van der Waals surface area contributed by atoms with E-state index in [1.54, 1.807) is 30.3 Å². The van der Waals surface area contributed by atoms with Gasteiger partial charge in [0, 0.05) is 19.6 Å². The Hall–Kier alpha value is -1.44.